The first-order valence-corrected chi connectivity index (χ1v) is 9.21. The Morgan fingerprint density at radius 3 is 2.77 bits per heavy atom. The predicted octanol–water partition coefficient (Wildman–Crippen LogP) is 1.26. The fourth-order valence-electron chi connectivity index (χ4n) is 4.93. The standard InChI is InChI=1S/C19H25N3O4/c1-10(2)7-14-17-12(11-5-3-4-6-13(11)20-17)8-15-18(25)21(9-16(23)24)19(26)22(14)15/h3-6,10,12,14-15,17,19-20,26H,7-9H2,1-2H3,(H,23,24). The third-order valence-electron chi connectivity index (χ3n) is 5.88. The van der Waals surface area contributed by atoms with E-state index in [0.717, 1.165) is 17.0 Å². The summed E-state index contributed by atoms with van der Waals surface area (Å²) in [5, 5.41) is 23.5. The van der Waals surface area contributed by atoms with Crippen molar-refractivity contribution in [3.05, 3.63) is 29.8 Å². The molecule has 1 amide bonds. The number of aliphatic hydroxyl groups excluding tert-OH is 1. The number of hydrogen-bond acceptors (Lipinski definition) is 5. The summed E-state index contributed by atoms with van der Waals surface area (Å²) in [4.78, 5) is 26.9. The van der Waals surface area contributed by atoms with Gasteiger partial charge in [0.2, 0.25) is 5.91 Å². The van der Waals surface area contributed by atoms with E-state index in [1.165, 1.54) is 5.56 Å². The van der Waals surface area contributed by atoms with Crippen molar-refractivity contribution in [1.82, 2.24) is 9.80 Å². The van der Waals surface area contributed by atoms with Gasteiger partial charge >= 0.3 is 5.97 Å². The molecule has 0 saturated carbocycles. The van der Waals surface area contributed by atoms with Crippen LogP contribution in [0.5, 0.6) is 0 Å². The van der Waals surface area contributed by atoms with E-state index in [1.54, 1.807) is 0 Å². The van der Waals surface area contributed by atoms with Crippen molar-refractivity contribution in [3.8, 4) is 0 Å². The molecule has 140 valence electrons. The van der Waals surface area contributed by atoms with Gasteiger partial charge in [-0.1, -0.05) is 32.0 Å². The molecule has 3 N–H and O–H groups in total. The number of hydrogen-bond donors (Lipinski definition) is 3. The SMILES string of the molecule is CC(C)CC1C2Nc3ccccc3C2CC2C(=O)N(CC(=O)O)C(O)N21. The Hall–Kier alpha value is -2.12. The van der Waals surface area contributed by atoms with E-state index in [9.17, 15) is 14.7 Å². The summed E-state index contributed by atoms with van der Waals surface area (Å²) < 4.78 is 0. The van der Waals surface area contributed by atoms with Crippen molar-refractivity contribution in [2.24, 2.45) is 5.92 Å². The number of aliphatic carboxylic acids is 1. The van der Waals surface area contributed by atoms with E-state index in [1.807, 2.05) is 17.0 Å². The molecule has 26 heavy (non-hydrogen) atoms. The molecule has 0 radical (unpaired) electrons. The summed E-state index contributed by atoms with van der Waals surface area (Å²) >= 11 is 0. The highest BCUT2D eigenvalue weighted by Gasteiger charge is 2.57. The van der Waals surface area contributed by atoms with Crippen LogP contribution >= 0.6 is 0 Å². The lowest BCUT2D eigenvalue weighted by molar-refractivity contribution is -0.151. The fourth-order valence-corrected chi connectivity index (χ4v) is 4.93. The third-order valence-corrected chi connectivity index (χ3v) is 5.88. The van der Waals surface area contributed by atoms with Crippen LogP contribution in [-0.4, -0.2) is 62.9 Å². The molecule has 2 saturated heterocycles. The molecule has 2 fully saturated rings. The Kier molecular flexibility index (Phi) is 4.16. The van der Waals surface area contributed by atoms with Crippen LogP contribution in [0.4, 0.5) is 5.69 Å². The molecule has 0 aromatic heterocycles. The number of carbonyl (C=O) groups is 2. The number of nitrogens with zero attached hydrogens (tertiary/aromatic N) is 2. The van der Waals surface area contributed by atoms with Gasteiger partial charge in [0.25, 0.3) is 0 Å². The van der Waals surface area contributed by atoms with Crippen LogP contribution < -0.4 is 5.32 Å². The van der Waals surface area contributed by atoms with Crippen LogP contribution in [-0.2, 0) is 9.59 Å². The Morgan fingerprint density at radius 1 is 1.35 bits per heavy atom. The number of carboxylic acid groups (broad SMARTS) is 1. The molecule has 0 spiro atoms. The van der Waals surface area contributed by atoms with E-state index in [4.69, 9.17) is 5.11 Å². The zero-order chi connectivity index (χ0) is 18.6. The van der Waals surface area contributed by atoms with Gasteiger partial charge in [-0.15, -0.1) is 0 Å². The van der Waals surface area contributed by atoms with E-state index >= 15 is 0 Å². The number of para-hydroxylation sites is 1. The molecule has 5 unspecified atom stereocenters. The number of aliphatic hydroxyl groups is 1. The Labute approximate surface area is 152 Å². The van der Waals surface area contributed by atoms with Gasteiger partial charge in [-0.05, 0) is 30.4 Å². The molecule has 5 atom stereocenters. The zero-order valence-corrected chi connectivity index (χ0v) is 15.0. The lowest BCUT2D eigenvalue weighted by Crippen LogP contribution is -2.59. The van der Waals surface area contributed by atoms with E-state index in [-0.39, 0.29) is 23.9 Å². The van der Waals surface area contributed by atoms with Gasteiger partial charge in [0.15, 0.2) is 6.35 Å². The number of carboxylic acids is 1. The number of amides is 1. The molecule has 3 aliphatic rings. The van der Waals surface area contributed by atoms with Gasteiger partial charge < -0.3 is 15.5 Å². The first-order chi connectivity index (χ1) is 12.4. The molecule has 1 aromatic carbocycles. The molecule has 0 aliphatic carbocycles. The Balaban J connectivity index is 1.71. The van der Waals surface area contributed by atoms with Crippen molar-refractivity contribution in [1.29, 1.82) is 0 Å². The first-order valence-electron chi connectivity index (χ1n) is 9.21. The number of fused-ring (bicyclic) bond motifs is 4. The first kappa shape index (κ1) is 17.3. The molecule has 3 heterocycles. The monoisotopic (exact) mass is 359 g/mol. The summed E-state index contributed by atoms with van der Waals surface area (Å²) in [7, 11) is 0. The maximum Gasteiger partial charge on any atom is 0.323 e. The van der Waals surface area contributed by atoms with Gasteiger partial charge in [0.05, 0.1) is 6.04 Å². The van der Waals surface area contributed by atoms with Crippen LogP contribution in [0.2, 0.25) is 0 Å². The summed E-state index contributed by atoms with van der Waals surface area (Å²) in [6.45, 7) is 3.78. The molecule has 7 heteroatoms. The Morgan fingerprint density at radius 2 is 2.08 bits per heavy atom. The second kappa shape index (κ2) is 6.25. The lowest BCUT2D eigenvalue weighted by atomic mass is 9.78. The topological polar surface area (TPSA) is 93.1 Å². The van der Waals surface area contributed by atoms with Crippen LogP contribution in [0.1, 0.15) is 38.2 Å². The minimum Gasteiger partial charge on any atom is -0.480 e. The number of rotatable bonds is 4. The number of anilines is 1. The molecule has 0 bridgehead atoms. The largest absolute Gasteiger partial charge is 0.480 e. The lowest BCUT2D eigenvalue weighted by Gasteiger charge is -2.45. The van der Waals surface area contributed by atoms with Crippen molar-refractivity contribution in [2.75, 3.05) is 11.9 Å². The number of piperidine rings is 1. The van der Waals surface area contributed by atoms with Gasteiger partial charge in [-0.25, -0.2) is 4.90 Å². The van der Waals surface area contributed by atoms with Crippen molar-refractivity contribution < 1.29 is 19.8 Å². The third kappa shape index (κ3) is 2.57. The normalized spacial score (nSPS) is 33.0. The quantitative estimate of drug-likeness (QED) is 0.749. The maximum atomic E-state index is 12.9. The number of carbonyl (C=O) groups excluding carboxylic acids is 1. The van der Waals surface area contributed by atoms with Crippen molar-refractivity contribution >= 4 is 17.6 Å². The average molecular weight is 359 g/mol. The molecular weight excluding hydrogens is 334 g/mol. The average Bonchev–Trinajstić information content (AvgIpc) is 3.06. The van der Waals surface area contributed by atoms with Crippen LogP contribution in [0, 0.1) is 5.92 Å². The summed E-state index contributed by atoms with van der Waals surface area (Å²) in [6, 6.07) is 7.76. The molecule has 4 rings (SSSR count). The van der Waals surface area contributed by atoms with Crippen LogP contribution in [0.3, 0.4) is 0 Å². The minimum absolute atomic E-state index is 0.0381. The summed E-state index contributed by atoms with van der Waals surface area (Å²) in [5.74, 6) is -0.810. The molecule has 1 aromatic rings. The van der Waals surface area contributed by atoms with Crippen molar-refractivity contribution in [3.63, 3.8) is 0 Å². The highest BCUT2D eigenvalue weighted by Crippen LogP contribution is 2.48. The molecule has 7 nitrogen and oxygen atoms in total. The van der Waals surface area contributed by atoms with Gasteiger partial charge in [-0.2, -0.15) is 0 Å². The minimum atomic E-state index is -1.18. The van der Waals surface area contributed by atoms with Gasteiger partial charge in [0.1, 0.15) is 6.54 Å². The molecular formula is C19H25N3O4. The number of nitrogens with one attached hydrogen (secondary N) is 1. The smallest absolute Gasteiger partial charge is 0.323 e. The zero-order valence-electron chi connectivity index (χ0n) is 15.0. The van der Waals surface area contributed by atoms with E-state index < -0.39 is 24.9 Å². The van der Waals surface area contributed by atoms with Crippen molar-refractivity contribution in [2.45, 2.75) is 57.1 Å². The fraction of sp³-hybridized carbons (Fsp3) is 0.579. The summed E-state index contributed by atoms with van der Waals surface area (Å²) in [5.41, 5.74) is 2.31. The second-order valence-corrected chi connectivity index (χ2v) is 7.97. The molecule has 3 aliphatic heterocycles. The summed E-state index contributed by atoms with van der Waals surface area (Å²) in [6.07, 6.45) is 0.234. The maximum absolute atomic E-state index is 12.9. The second-order valence-electron chi connectivity index (χ2n) is 7.97. The predicted molar refractivity (Wildman–Crippen MR) is 95.4 cm³/mol. The highest BCUT2D eigenvalue weighted by molar-refractivity contribution is 5.88. The van der Waals surface area contributed by atoms with Gasteiger partial charge in [0, 0.05) is 23.7 Å². The van der Waals surface area contributed by atoms with Crippen LogP contribution in [0.15, 0.2) is 24.3 Å². The Bertz CT molecular complexity index is 737. The van der Waals surface area contributed by atoms with Gasteiger partial charge in [-0.3, -0.25) is 14.5 Å². The van der Waals surface area contributed by atoms with Crippen LogP contribution in [0.25, 0.3) is 0 Å². The highest BCUT2D eigenvalue weighted by atomic mass is 16.4. The number of benzene rings is 1. The van der Waals surface area contributed by atoms with E-state index in [0.29, 0.717) is 12.3 Å². The van der Waals surface area contributed by atoms with E-state index in [2.05, 4.69) is 31.3 Å².